The minimum Gasteiger partial charge on any atom is -0.483 e. The van der Waals surface area contributed by atoms with Crippen molar-refractivity contribution >= 4 is 27.7 Å². The highest BCUT2D eigenvalue weighted by atomic mass is 79.9. The van der Waals surface area contributed by atoms with Crippen molar-refractivity contribution in [1.29, 1.82) is 0 Å². The quantitative estimate of drug-likeness (QED) is 0.394. The minimum atomic E-state index is -0.546. The number of nitrogens with zero attached hydrogens (tertiary/aromatic N) is 1. The molecule has 0 aliphatic heterocycles. The fraction of sp³-hybridized carbons (Fsp3) is 0.462. The predicted molar refractivity (Wildman–Crippen MR) is 133 cm³/mol. The van der Waals surface area contributed by atoms with Crippen LogP contribution in [0.1, 0.15) is 56.7 Å². The van der Waals surface area contributed by atoms with Crippen molar-refractivity contribution in [1.82, 2.24) is 10.2 Å². The number of ether oxygens (including phenoxy) is 1. The summed E-state index contributed by atoms with van der Waals surface area (Å²) in [5.41, 5.74) is 3.32. The molecule has 0 spiro atoms. The second-order valence-electron chi connectivity index (χ2n) is 7.98. The van der Waals surface area contributed by atoms with Gasteiger partial charge in [0, 0.05) is 13.1 Å². The van der Waals surface area contributed by atoms with E-state index in [1.165, 1.54) is 5.56 Å². The van der Waals surface area contributed by atoms with E-state index < -0.39 is 6.04 Å². The summed E-state index contributed by atoms with van der Waals surface area (Å²) in [6, 6.07) is 13.3. The van der Waals surface area contributed by atoms with Gasteiger partial charge in [0.1, 0.15) is 11.8 Å². The zero-order chi connectivity index (χ0) is 23.5. The molecule has 0 fully saturated rings. The molecule has 6 heteroatoms. The van der Waals surface area contributed by atoms with Crippen LogP contribution in [0.3, 0.4) is 0 Å². The van der Waals surface area contributed by atoms with Gasteiger partial charge in [0.2, 0.25) is 5.91 Å². The number of hydrogen-bond donors (Lipinski definition) is 1. The first-order chi connectivity index (χ1) is 15.4. The number of hydrogen-bond acceptors (Lipinski definition) is 3. The lowest BCUT2D eigenvalue weighted by Gasteiger charge is -2.30. The zero-order valence-electron chi connectivity index (χ0n) is 19.6. The number of rotatable bonds is 12. The summed E-state index contributed by atoms with van der Waals surface area (Å²) < 4.78 is 6.66. The molecule has 1 atom stereocenters. The molecule has 2 rings (SSSR count). The molecular formula is C26H35BrN2O3. The molecular weight excluding hydrogens is 468 g/mol. The van der Waals surface area contributed by atoms with Crippen molar-refractivity contribution in [3.05, 3.63) is 63.6 Å². The number of unbranched alkanes of at least 4 members (excludes halogenated alkanes) is 1. The molecule has 0 saturated carbocycles. The fourth-order valence-corrected chi connectivity index (χ4v) is 3.96. The Kier molecular flexibility index (Phi) is 10.7. The molecule has 0 radical (unpaired) electrons. The van der Waals surface area contributed by atoms with Gasteiger partial charge in [-0.15, -0.1) is 0 Å². The number of benzene rings is 2. The molecule has 32 heavy (non-hydrogen) atoms. The van der Waals surface area contributed by atoms with Gasteiger partial charge >= 0.3 is 0 Å². The van der Waals surface area contributed by atoms with E-state index in [2.05, 4.69) is 35.1 Å². The summed E-state index contributed by atoms with van der Waals surface area (Å²) in [4.78, 5) is 27.8. The molecule has 0 heterocycles. The van der Waals surface area contributed by atoms with E-state index in [0.29, 0.717) is 25.3 Å². The van der Waals surface area contributed by atoms with Gasteiger partial charge in [0.25, 0.3) is 5.91 Å². The number of nitrogens with one attached hydrogen (secondary N) is 1. The van der Waals surface area contributed by atoms with Crippen molar-refractivity contribution in [2.24, 2.45) is 0 Å². The van der Waals surface area contributed by atoms with Crippen molar-refractivity contribution in [3.8, 4) is 5.75 Å². The molecule has 2 aromatic carbocycles. The number of carbonyl (C=O) groups excluding carboxylic acids is 2. The average molecular weight is 503 g/mol. The van der Waals surface area contributed by atoms with E-state index in [1.807, 2.05) is 56.3 Å². The Bertz CT molecular complexity index is 883. The van der Waals surface area contributed by atoms with Crippen LogP contribution in [0, 0.1) is 6.92 Å². The predicted octanol–water partition coefficient (Wildman–Crippen LogP) is 5.42. The maximum atomic E-state index is 13.3. The van der Waals surface area contributed by atoms with Crippen molar-refractivity contribution < 1.29 is 14.3 Å². The first kappa shape index (κ1) is 25.9. The Hall–Kier alpha value is -2.34. The molecule has 0 saturated heterocycles. The molecule has 0 bridgehead atoms. The van der Waals surface area contributed by atoms with Crippen molar-refractivity contribution in [3.63, 3.8) is 0 Å². The third-order valence-corrected chi connectivity index (χ3v) is 6.06. The molecule has 0 aromatic heterocycles. The maximum absolute atomic E-state index is 13.3. The number of carbonyl (C=O) groups is 2. The number of amides is 2. The van der Waals surface area contributed by atoms with Crippen LogP contribution >= 0.6 is 15.9 Å². The first-order valence-corrected chi connectivity index (χ1v) is 12.2. The Balaban J connectivity index is 2.18. The topological polar surface area (TPSA) is 58.6 Å². The average Bonchev–Trinajstić information content (AvgIpc) is 2.79. The smallest absolute Gasteiger partial charge is 0.261 e. The highest BCUT2D eigenvalue weighted by molar-refractivity contribution is 9.10. The normalized spacial score (nSPS) is 11.7. The first-order valence-electron chi connectivity index (χ1n) is 11.4. The van der Waals surface area contributed by atoms with Crippen LogP contribution in [-0.2, 0) is 22.6 Å². The lowest BCUT2D eigenvalue weighted by Crippen LogP contribution is -2.50. The van der Waals surface area contributed by atoms with Crippen LogP contribution in [-0.4, -0.2) is 35.9 Å². The Labute approximate surface area is 200 Å². The van der Waals surface area contributed by atoms with E-state index in [4.69, 9.17) is 4.74 Å². The Morgan fingerprint density at radius 3 is 2.34 bits per heavy atom. The van der Waals surface area contributed by atoms with Crippen molar-refractivity contribution in [2.75, 3.05) is 13.2 Å². The van der Waals surface area contributed by atoms with Gasteiger partial charge in [-0.2, -0.15) is 0 Å². The molecule has 0 aliphatic carbocycles. The fourth-order valence-electron chi connectivity index (χ4n) is 3.42. The summed E-state index contributed by atoms with van der Waals surface area (Å²) >= 11 is 3.52. The molecule has 5 nitrogen and oxygen atoms in total. The second-order valence-corrected chi connectivity index (χ2v) is 8.84. The van der Waals surface area contributed by atoms with Gasteiger partial charge in [-0.05, 0) is 65.4 Å². The Morgan fingerprint density at radius 1 is 1.06 bits per heavy atom. The Morgan fingerprint density at radius 2 is 1.75 bits per heavy atom. The summed E-state index contributed by atoms with van der Waals surface area (Å²) in [6.07, 6.45) is 3.37. The molecule has 0 aliphatic rings. The third kappa shape index (κ3) is 7.66. The van der Waals surface area contributed by atoms with Crippen molar-refractivity contribution in [2.45, 2.75) is 66.0 Å². The SMILES string of the molecule is CCCCNC(=O)C(CC)N(Cc1ccc(C)cc1)C(=O)COc1ccc(CC)cc1Br. The molecule has 2 aromatic rings. The minimum absolute atomic E-state index is 0.116. The van der Waals surface area contributed by atoms with Crippen LogP contribution in [0.4, 0.5) is 0 Å². The van der Waals surface area contributed by atoms with E-state index in [9.17, 15) is 9.59 Å². The standard InChI is InChI=1S/C26H35BrN2O3/c1-5-8-15-28-26(31)23(7-3)29(17-21-11-9-19(4)10-12-21)25(30)18-32-24-14-13-20(6-2)16-22(24)27/h9-14,16,23H,5-8,15,17-18H2,1-4H3,(H,28,31). The van der Waals surface area contributed by atoms with Gasteiger partial charge in [-0.25, -0.2) is 0 Å². The molecule has 174 valence electrons. The van der Waals surface area contributed by atoms with Gasteiger partial charge in [-0.1, -0.05) is 63.1 Å². The van der Waals surface area contributed by atoms with Crippen LogP contribution in [0.15, 0.2) is 46.9 Å². The molecule has 1 N–H and O–H groups in total. The van der Waals surface area contributed by atoms with E-state index in [0.717, 1.165) is 34.9 Å². The van der Waals surface area contributed by atoms with Gasteiger partial charge in [0.05, 0.1) is 4.47 Å². The monoisotopic (exact) mass is 502 g/mol. The lowest BCUT2D eigenvalue weighted by molar-refractivity contribution is -0.143. The van der Waals surface area contributed by atoms with Crippen LogP contribution in [0.2, 0.25) is 0 Å². The number of aryl methyl sites for hydroxylation is 2. The molecule has 1 unspecified atom stereocenters. The van der Waals surface area contributed by atoms with Crippen LogP contribution in [0.5, 0.6) is 5.75 Å². The van der Waals surface area contributed by atoms with Gasteiger partial charge in [0.15, 0.2) is 6.61 Å². The number of halogens is 1. The third-order valence-electron chi connectivity index (χ3n) is 5.44. The van der Waals surface area contributed by atoms with E-state index >= 15 is 0 Å². The lowest BCUT2D eigenvalue weighted by atomic mass is 10.1. The summed E-state index contributed by atoms with van der Waals surface area (Å²) in [7, 11) is 0. The zero-order valence-corrected chi connectivity index (χ0v) is 21.2. The summed E-state index contributed by atoms with van der Waals surface area (Å²) in [6.45, 7) is 8.97. The summed E-state index contributed by atoms with van der Waals surface area (Å²) in [5, 5.41) is 2.98. The highest BCUT2D eigenvalue weighted by Crippen LogP contribution is 2.26. The largest absolute Gasteiger partial charge is 0.483 e. The maximum Gasteiger partial charge on any atom is 0.261 e. The van der Waals surface area contributed by atoms with Gasteiger partial charge < -0.3 is 15.0 Å². The van der Waals surface area contributed by atoms with E-state index in [-0.39, 0.29) is 18.4 Å². The van der Waals surface area contributed by atoms with Crippen LogP contribution < -0.4 is 10.1 Å². The highest BCUT2D eigenvalue weighted by Gasteiger charge is 2.28. The summed E-state index contributed by atoms with van der Waals surface area (Å²) in [5.74, 6) is 0.288. The molecule has 2 amide bonds. The van der Waals surface area contributed by atoms with E-state index in [1.54, 1.807) is 4.90 Å². The van der Waals surface area contributed by atoms with Crippen LogP contribution in [0.25, 0.3) is 0 Å². The van der Waals surface area contributed by atoms with Gasteiger partial charge in [-0.3, -0.25) is 9.59 Å². The second kappa shape index (κ2) is 13.3.